The number of ether oxygens (including phenoxy) is 2. The summed E-state index contributed by atoms with van der Waals surface area (Å²) in [6.45, 7) is 5.08. The molecule has 3 fully saturated rings. The number of carbonyl (C=O) groups excluding carboxylic acids is 1. The van der Waals surface area contributed by atoms with Gasteiger partial charge < -0.3 is 19.3 Å². The van der Waals surface area contributed by atoms with E-state index >= 15 is 0 Å². The molecule has 0 aliphatic carbocycles. The van der Waals surface area contributed by atoms with Crippen molar-refractivity contribution < 1.29 is 22.7 Å². The molecule has 0 atom stereocenters. The fraction of sp³-hybridized carbons (Fsp3) is 0.667. The molecule has 1 aromatic rings. The van der Waals surface area contributed by atoms with Crippen molar-refractivity contribution in [2.45, 2.75) is 36.6 Å². The molecule has 0 saturated carbocycles. The number of hydrogen-bond donors (Lipinski definition) is 0. The molecule has 3 aliphatic rings. The van der Waals surface area contributed by atoms with Crippen LogP contribution in [0.3, 0.4) is 0 Å². The number of benzene rings is 1. The molecule has 0 radical (unpaired) electrons. The number of amides is 1. The van der Waals surface area contributed by atoms with Gasteiger partial charge in [0.25, 0.3) is 5.91 Å². The highest BCUT2D eigenvalue weighted by atomic mass is 32.2. The van der Waals surface area contributed by atoms with Gasteiger partial charge >= 0.3 is 0 Å². The SMILES string of the molecule is COc1ccc(C(=O)N2CCC(N3CCCC3)CC2)cc1S(=O)(=O)N1CCOCC1. The van der Waals surface area contributed by atoms with Crippen LogP contribution in [0.25, 0.3) is 0 Å². The maximum Gasteiger partial charge on any atom is 0.253 e. The van der Waals surface area contributed by atoms with Crippen LogP contribution in [0.15, 0.2) is 23.1 Å². The van der Waals surface area contributed by atoms with Crippen molar-refractivity contribution in [3.8, 4) is 5.75 Å². The van der Waals surface area contributed by atoms with Crippen LogP contribution in [0.2, 0.25) is 0 Å². The van der Waals surface area contributed by atoms with Crippen LogP contribution in [0.4, 0.5) is 0 Å². The van der Waals surface area contributed by atoms with E-state index < -0.39 is 10.0 Å². The highest BCUT2D eigenvalue weighted by Crippen LogP contribution is 2.29. The van der Waals surface area contributed by atoms with Gasteiger partial charge in [0.15, 0.2) is 0 Å². The third kappa shape index (κ3) is 4.34. The van der Waals surface area contributed by atoms with Gasteiger partial charge in [0.1, 0.15) is 10.6 Å². The summed E-state index contributed by atoms with van der Waals surface area (Å²) >= 11 is 0. The second kappa shape index (κ2) is 9.21. The molecule has 166 valence electrons. The van der Waals surface area contributed by atoms with Gasteiger partial charge in [-0.1, -0.05) is 0 Å². The van der Waals surface area contributed by atoms with Gasteiger partial charge in [0, 0.05) is 37.8 Å². The van der Waals surface area contributed by atoms with Crippen LogP contribution in [-0.2, 0) is 14.8 Å². The number of morpholine rings is 1. The van der Waals surface area contributed by atoms with Crippen molar-refractivity contribution in [2.75, 3.05) is 59.6 Å². The average Bonchev–Trinajstić information content (AvgIpc) is 3.34. The number of nitrogens with zero attached hydrogens (tertiary/aromatic N) is 3. The van der Waals surface area contributed by atoms with E-state index in [1.165, 1.54) is 43.4 Å². The molecule has 0 spiro atoms. The Labute approximate surface area is 178 Å². The molecule has 0 unspecified atom stereocenters. The maximum atomic E-state index is 13.2. The fourth-order valence-electron chi connectivity index (χ4n) is 4.66. The predicted octanol–water partition coefficient (Wildman–Crippen LogP) is 1.42. The van der Waals surface area contributed by atoms with Crippen LogP contribution in [-0.4, -0.2) is 94.1 Å². The summed E-state index contributed by atoms with van der Waals surface area (Å²) in [5.74, 6) is 0.140. The number of methoxy groups -OCH3 is 1. The first-order valence-electron chi connectivity index (χ1n) is 10.8. The molecule has 0 bridgehead atoms. The summed E-state index contributed by atoms with van der Waals surface area (Å²) in [6, 6.07) is 5.27. The molecule has 3 heterocycles. The van der Waals surface area contributed by atoms with Gasteiger partial charge in [-0.3, -0.25) is 4.79 Å². The van der Waals surface area contributed by atoms with Crippen molar-refractivity contribution in [3.05, 3.63) is 23.8 Å². The minimum atomic E-state index is -3.76. The summed E-state index contributed by atoms with van der Waals surface area (Å²) in [6.07, 6.45) is 4.48. The normalized spacial score (nSPS) is 22.4. The van der Waals surface area contributed by atoms with E-state index in [0.29, 0.717) is 51.0 Å². The van der Waals surface area contributed by atoms with E-state index in [4.69, 9.17) is 9.47 Å². The van der Waals surface area contributed by atoms with Crippen LogP contribution >= 0.6 is 0 Å². The minimum Gasteiger partial charge on any atom is -0.495 e. The van der Waals surface area contributed by atoms with E-state index in [2.05, 4.69) is 4.90 Å². The lowest BCUT2D eigenvalue weighted by Crippen LogP contribution is -2.46. The largest absolute Gasteiger partial charge is 0.495 e. The quantitative estimate of drug-likeness (QED) is 0.693. The Hall–Kier alpha value is -1.68. The summed E-state index contributed by atoms with van der Waals surface area (Å²) in [7, 11) is -2.32. The number of likely N-dealkylation sites (tertiary alicyclic amines) is 2. The Morgan fingerprint density at radius 3 is 2.33 bits per heavy atom. The van der Waals surface area contributed by atoms with Crippen LogP contribution in [0.5, 0.6) is 5.75 Å². The summed E-state index contributed by atoms with van der Waals surface area (Å²) in [5.41, 5.74) is 0.391. The molecule has 3 saturated heterocycles. The fourth-order valence-corrected chi connectivity index (χ4v) is 6.25. The number of hydrogen-bond acceptors (Lipinski definition) is 6. The molecule has 3 aliphatic heterocycles. The lowest BCUT2D eigenvalue weighted by molar-refractivity contribution is 0.0644. The van der Waals surface area contributed by atoms with E-state index in [1.807, 2.05) is 4.90 Å². The van der Waals surface area contributed by atoms with E-state index in [-0.39, 0.29) is 16.6 Å². The van der Waals surface area contributed by atoms with Gasteiger partial charge in [-0.2, -0.15) is 4.31 Å². The number of rotatable bonds is 5. The number of carbonyl (C=O) groups is 1. The predicted molar refractivity (Wildman–Crippen MR) is 112 cm³/mol. The van der Waals surface area contributed by atoms with Crippen molar-refractivity contribution in [3.63, 3.8) is 0 Å². The molecule has 0 aromatic heterocycles. The highest BCUT2D eigenvalue weighted by molar-refractivity contribution is 7.89. The number of piperidine rings is 1. The zero-order valence-corrected chi connectivity index (χ0v) is 18.4. The smallest absolute Gasteiger partial charge is 0.253 e. The Bertz CT molecular complexity index is 855. The second-order valence-electron chi connectivity index (χ2n) is 8.15. The monoisotopic (exact) mass is 437 g/mol. The van der Waals surface area contributed by atoms with Crippen molar-refractivity contribution in [1.82, 2.24) is 14.1 Å². The molecule has 0 N–H and O–H groups in total. The first-order valence-corrected chi connectivity index (χ1v) is 12.2. The van der Waals surface area contributed by atoms with Gasteiger partial charge in [-0.25, -0.2) is 8.42 Å². The minimum absolute atomic E-state index is 0.0460. The Balaban J connectivity index is 1.50. The Morgan fingerprint density at radius 2 is 1.70 bits per heavy atom. The van der Waals surface area contributed by atoms with Crippen LogP contribution in [0.1, 0.15) is 36.0 Å². The van der Waals surface area contributed by atoms with Gasteiger partial charge in [0.05, 0.1) is 20.3 Å². The van der Waals surface area contributed by atoms with Crippen molar-refractivity contribution >= 4 is 15.9 Å². The van der Waals surface area contributed by atoms with Gasteiger partial charge in [-0.15, -0.1) is 0 Å². The summed E-state index contributed by atoms with van der Waals surface area (Å²) < 4.78 is 38.3. The molecule has 4 rings (SSSR count). The third-order valence-corrected chi connectivity index (χ3v) is 8.33. The average molecular weight is 438 g/mol. The van der Waals surface area contributed by atoms with Gasteiger partial charge in [-0.05, 0) is 57.0 Å². The first kappa shape index (κ1) is 21.5. The first-order chi connectivity index (χ1) is 14.5. The van der Waals surface area contributed by atoms with Crippen molar-refractivity contribution in [1.29, 1.82) is 0 Å². The third-order valence-electron chi connectivity index (χ3n) is 6.41. The second-order valence-corrected chi connectivity index (χ2v) is 10.1. The Morgan fingerprint density at radius 1 is 1.03 bits per heavy atom. The lowest BCUT2D eigenvalue weighted by atomic mass is 10.0. The molecule has 8 nitrogen and oxygen atoms in total. The topological polar surface area (TPSA) is 79.4 Å². The summed E-state index contributed by atoms with van der Waals surface area (Å²) in [4.78, 5) is 17.6. The molecule has 30 heavy (non-hydrogen) atoms. The molecule has 9 heteroatoms. The zero-order chi connectivity index (χ0) is 21.1. The number of sulfonamides is 1. The highest BCUT2D eigenvalue weighted by Gasteiger charge is 2.32. The lowest BCUT2D eigenvalue weighted by Gasteiger charge is -2.36. The molecule has 1 amide bonds. The van der Waals surface area contributed by atoms with Crippen LogP contribution in [0, 0.1) is 0 Å². The van der Waals surface area contributed by atoms with Crippen LogP contribution < -0.4 is 4.74 Å². The van der Waals surface area contributed by atoms with Crippen molar-refractivity contribution in [2.24, 2.45) is 0 Å². The molecule has 1 aromatic carbocycles. The van der Waals surface area contributed by atoms with E-state index in [9.17, 15) is 13.2 Å². The maximum absolute atomic E-state index is 13.2. The summed E-state index contributed by atoms with van der Waals surface area (Å²) in [5, 5.41) is 0. The van der Waals surface area contributed by atoms with E-state index in [0.717, 1.165) is 12.8 Å². The zero-order valence-electron chi connectivity index (χ0n) is 17.6. The standard InChI is InChI=1S/C21H31N3O5S/c1-28-19-5-4-17(16-20(19)30(26,27)24-12-14-29-15-13-24)21(25)23-10-6-18(7-11-23)22-8-2-3-9-22/h4-5,16,18H,2-3,6-15H2,1H3. The Kier molecular flexibility index (Phi) is 6.62. The van der Waals surface area contributed by atoms with Gasteiger partial charge in [0.2, 0.25) is 10.0 Å². The van der Waals surface area contributed by atoms with E-state index in [1.54, 1.807) is 12.1 Å². The molecular weight excluding hydrogens is 406 g/mol. The molecular formula is C21H31N3O5S.